The quantitative estimate of drug-likeness (QED) is 0.865. The highest BCUT2D eigenvalue weighted by Crippen LogP contribution is 2.25. The molecule has 2 aromatic rings. The van der Waals surface area contributed by atoms with Crippen molar-refractivity contribution in [1.29, 1.82) is 0 Å². The molecule has 0 unspecified atom stereocenters. The van der Waals surface area contributed by atoms with Crippen LogP contribution in [0.4, 0.5) is 5.69 Å². The molecule has 3 rings (SSSR count). The summed E-state index contributed by atoms with van der Waals surface area (Å²) < 4.78 is 27.9. The van der Waals surface area contributed by atoms with E-state index >= 15 is 0 Å². The van der Waals surface area contributed by atoms with Crippen molar-refractivity contribution in [2.45, 2.75) is 36.2 Å². The van der Waals surface area contributed by atoms with Crippen LogP contribution in [-0.2, 0) is 10.0 Å². The number of benzene rings is 2. The molecule has 1 aliphatic carbocycles. The molecular formula is C17H19ClN2O2S. The Morgan fingerprint density at radius 2 is 1.57 bits per heavy atom. The molecule has 1 saturated carbocycles. The van der Waals surface area contributed by atoms with Crippen molar-refractivity contribution in [2.75, 3.05) is 5.32 Å². The fourth-order valence-corrected chi connectivity index (χ4v) is 4.34. The third-order valence-electron chi connectivity index (χ3n) is 4.07. The van der Waals surface area contributed by atoms with Crippen molar-refractivity contribution < 1.29 is 8.42 Å². The van der Waals surface area contributed by atoms with Crippen molar-refractivity contribution in [2.24, 2.45) is 0 Å². The second-order valence-electron chi connectivity index (χ2n) is 5.73. The van der Waals surface area contributed by atoms with Gasteiger partial charge in [0, 0.05) is 22.8 Å². The molecule has 0 aliphatic heterocycles. The fourth-order valence-electron chi connectivity index (χ4n) is 2.90. The third-order valence-corrected chi connectivity index (χ3v) is 5.83. The third kappa shape index (κ3) is 4.05. The summed E-state index contributed by atoms with van der Waals surface area (Å²) in [6.45, 7) is 0. The maximum Gasteiger partial charge on any atom is 0.240 e. The molecule has 122 valence electrons. The van der Waals surface area contributed by atoms with Gasteiger partial charge in [-0.05, 0) is 55.7 Å². The number of nitrogens with one attached hydrogen (secondary N) is 2. The average molecular weight is 351 g/mol. The predicted molar refractivity (Wildman–Crippen MR) is 93.3 cm³/mol. The van der Waals surface area contributed by atoms with Crippen molar-refractivity contribution in [3.8, 4) is 0 Å². The van der Waals surface area contributed by atoms with Gasteiger partial charge in [-0.1, -0.05) is 29.8 Å². The first-order valence-corrected chi connectivity index (χ1v) is 9.50. The van der Waals surface area contributed by atoms with Crippen LogP contribution in [-0.4, -0.2) is 20.5 Å². The molecule has 6 heteroatoms. The highest BCUT2D eigenvalue weighted by Gasteiger charge is 2.31. The van der Waals surface area contributed by atoms with E-state index in [4.69, 9.17) is 11.6 Å². The number of rotatable bonds is 5. The summed E-state index contributed by atoms with van der Waals surface area (Å²) in [5.41, 5.74) is 1.01. The summed E-state index contributed by atoms with van der Waals surface area (Å²) in [7, 11) is -3.53. The number of hydrogen-bond donors (Lipinski definition) is 2. The molecule has 0 amide bonds. The van der Waals surface area contributed by atoms with Gasteiger partial charge in [-0.15, -0.1) is 0 Å². The first kappa shape index (κ1) is 16.3. The minimum Gasteiger partial charge on any atom is -0.381 e. The Morgan fingerprint density at radius 1 is 0.913 bits per heavy atom. The first-order chi connectivity index (χ1) is 11.0. The highest BCUT2D eigenvalue weighted by molar-refractivity contribution is 7.89. The van der Waals surface area contributed by atoms with Gasteiger partial charge in [-0.2, -0.15) is 0 Å². The Morgan fingerprint density at radius 3 is 2.26 bits per heavy atom. The number of hydrogen-bond acceptors (Lipinski definition) is 3. The van der Waals surface area contributed by atoms with Crippen molar-refractivity contribution in [1.82, 2.24) is 4.72 Å². The Kier molecular flexibility index (Phi) is 4.90. The maximum atomic E-state index is 12.5. The topological polar surface area (TPSA) is 58.2 Å². The molecule has 0 radical (unpaired) electrons. The molecule has 4 nitrogen and oxygen atoms in total. The maximum absolute atomic E-state index is 12.5. The Bertz CT molecular complexity index is 748. The number of anilines is 1. The van der Waals surface area contributed by atoms with Crippen molar-refractivity contribution in [3.63, 3.8) is 0 Å². The number of para-hydroxylation sites is 1. The van der Waals surface area contributed by atoms with Crippen LogP contribution in [0, 0.1) is 0 Å². The van der Waals surface area contributed by atoms with Gasteiger partial charge >= 0.3 is 0 Å². The Hall–Kier alpha value is -1.56. The second-order valence-corrected chi connectivity index (χ2v) is 7.88. The summed E-state index contributed by atoms with van der Waals surface area (Å²) in [5, 5.41) is 3.95. The molecule has 1 aliphatic rings. The van der Waals surface area contributed by atoms with Crippen LogP contribution in [0.2, 0.25) is 5.02 Å². The largest absolute Gasteiger partial charge is 0.381 e. The lowest BCUT2D eigenvalue weighted by Crippen LogP contribution is -2.43. The van der Waals surface area contributed by atoms with Crippen LogP contribution >= 0.6 is 11.6 Å². The minimum absolute atomic E-state index is 0.0967. The van der Waals surface area contributed by atoms with Crippen LogP contribution in [0.5, 0.6) is 0 Å². The van der Waals surface area contributed by atoms with E-state index in [2.05, 4.69) is 10.0 Å². The van der Waals surface area contributed by atoms with Gasteiger partial charge in [0.2, 0.25) is 10.0 Å². The Labute approximate surface area is 141 Å². The molecule has 1 fully saturated rings. The lowest BCUT2D eigenvalue weighted by Gasteiger charge is -2.23. The normalized spacial score (nSPS) is 21.3. The van der Waals surface area contributed by atoms with E-state index in [1.165, 1.54) is 12.1 Å². The molecule has 0 spiro atoms. The molecule has 0 bridgehead atoms. The molecule has 2 N–H and O–H groups in total. The fraction of sp³-hybridized carbons (Fsp3) is 0.294. The van der Waals surface area contributed by atoms with Gasteiger partial charge in [0.05, 0.1) is 4.90 Å². The summed E-state index contributed by atoms with van der Waals surface area (Å²) in [6.07, 6.45) is 2.78. The van der Waals surface area contributed by atoms with Gasteiger partial charge in [0.25, 0.3) is 0 Å². The van der Waals surface area contributed by atoms with E-state index in [1.54, 1.807) is 12.1 Å². The van der Waals surface area contributed by atoms with Gasteiger partial charge < -0.3 is 5.32 Å². The number of sulfonamides is 1. The molecule has 2 aromatic carbocycles. The van der Waals surface area contributed by atoms with Gasteiger partial charge in [-0.25, -0.2) is 13.1 Å². The van der Waals surface area contributed by atoms with Gasteiger partial charge in [-0.3, -0.25) is 0 Å². The van der Waals surface area contributed by atoms with Crippen molar-refractivity contribution in [3.05, 3.63) is 59.6 Å². The second kappa shape index (κ2) is 6.91. The molecular weight excluding hydrogens is 332 g/mol. The van der Waals surface area contributed by atoms with Crippen LogP contribution < -0.4 is 10.0 Å². The van der Waals surface area contributed by atoms with Crippen molar-refractivity contribution >= 4 is 27.3 Å². The van der Waals surface area contributed by atoms with E-state index in [9.17, 15) is 8.42 Å². The van der Waals surface area contributed by atoms with Crippen LogP contribution in [0.15, 0.2) is 59.5 Å². The van der Waals surface area contributed by atoms with Gasteiger partial charge in [0.15, 0.2) is 0 Å². The molecule has 23 heavy (non-hydrogen) atoms. The zero-order valence-corrected chi connectivity index (χ0v) is 14.1. The van der Waals surface area contributed by atoms with Crippen LogP contribution in [0.25, 0.3) is 0 Å². The first-order valence-electron chi connectivity index (χ1n) is 7.64. The SMILES string of the molecule is O=S(=O)(N[C@H]1CCC[C@H]1Nc1ccccc1)c1ccc(Cl)cc1. The van der Waals surface area contributed by atoms with E-state index in [0.29, 0.717) is 5.02 Å². The van der Waals surface area contributed by atoms with E-state index in [1.807, 2.05) is 30.3 Å². The summed E-state index contributed by atoms with van der Waals surface area (Å²) in [6, 6.07) is 16.1. The Balaban J connectivity index is 1.72. The molecule has 2 atom stereocenters. The summed E-state index contributed by atoms with van der Waals surface area (Å²) in [4.78, 5) is 0.243. The lowest BCUT2D eigenvalue weighted by atomic mass is 10.2. The summed E-state index contributed by atoms with van der Waals surface area (Å²) in [5.74, 6) is 0. The molecule has 0 aromatic heterocycles. The zero-order chi connectivity index (χ0) is 16.3. The van der Waals surface area contributed by atoms with Crippen LogP contribution in [0.1, 0.15) is 19.3 Å². The smallest absolute Gasteiger partial charge is 0.240 e. The highest BCUT2D eigenvalue weighted by atomic mass is 35.5. The molecule has 0 heterocycles. The van der Waals surface area contributed by atoms with E-state index < -0.39 is 10.0 Å². The standard InChI is InChI=1S/C17H19ClN2O2S/c18-13-9-11-15(12-10-13)23(21,22)20-17-8-4-7-16(17)19-14-5-2-1-3-6-14/h1-3,5-6,9-12,16-17,19-20H,4,7-8H2/t16-,17+/m1/s1. The molecule has 0 saturated heterocycles. The lowest BCUT2D eigenvalue weighted by molar-refractivity contribution is 0.535. The van der Waals surface area contributed by atoms with E-state index in [-0.39, 0.29) is 17.0 Å². The average Bonchev–Trinajstić information content (AvgIpc) is 2.95. The minimum atomic E-state index is -3.53. The predicted octanol–water partition coefficient (Wildman–Crippen LogP) is 3.65. The van der Waals surface area contributed by atoms with E-state index in [0.717, 1.165) is 24.9 Å². The van der Waals surface area contributed by atoms with Gasteiger partial charge in [0.1, 0.15) is 0 Å². The monoisotopic (exact) mass is 350 g/mol. The number of halogens is 1. The summed E-state index contributed by atoms with van der Waals surface area (Å²) >= 11 is 5.82. The zero-order valence-electron chi connectivity index (χ0n) is 12.6. The van der Waals surface area contributed by atoms with Crippen LogP contribution in [0.3, 0.4) is 0 Å².